The minimum absolute atomic E-state index is 0.00964. The van der Waals surface area contributed by atoms with Gasteiger partial charge in [-0.2, -0.15) is 10.5 Å². The van der Waals surface area contributed by atoms with Crippen molar-refractivity contribution in [2.24, 2.45) is 17.3 Å². The zero-order valence-electron chi connectivity index (χ0n) is 18.3. The molecule has 2 aromatic carbocycles. The minimum Gasteiger partial charge on any atom is -0.469 e. The van der Waals surface area contributed by atoms with E-state index < -0.39 is 16.7 Å². The Hall–Kier alpha value is -3.37. The molecule has 2 saturated carbocycles. The molecule has 0 saturated heterocycles. The molecule has 1 spiro atoms. The van der Waals surface area contributed by atoms with Crippen molar-refractivity contribution >= 4 is 12.0 Å². The molecule has 0 heterocycles. The van der Waals surface area contributed by atoms with E-state index in [-0.39, 0.29) is 17.8 Å². The molecule has 1 unspecified atom stereocenters. The first-order valence-corrected chi connectivity index (χ1v) is 11.4. The van der Waals surface area contributed by atoms with Crippen LogP contribution >= 0.6 is 0 Å². The van der Waals surface area contributed by atoms with Gasteiger partial charge in [0, 0.05) is 11.3 Å². The van der Waals surface area contributed by atoms with Gasteiger partial charge in [0.2, 0.25) is 0 Å². The Labute approximate surface area is 189 Å². The molecule has 160 valence electrons. The Morgan fingerprint density at radius 2 is 1.72 bits per heavy atom. The Balaban J connectivity index is 1.88. The number of rotatable bonds is 2. The van der Waals surface area contributed by atoms with E-state index in [1.165, 1.54) is 7.11 Å². The summed E-state index contributed by atoms with van der Waals surface area (Å²) in [6.07, 6.45) is 6.77. The molecule has 2 aromatic rings. The summed E-state index contributed by atoms with van der Waals surface area (Å²) in [5.74, 6) is -0.888. The van der Waals surface area contributed by atoms with Crippen molar-refractivity contribution in [1.82, 2.24) is 0 Å². The van der Waals surface area contributed by atoms with Gasteiger partial charge in [0.1, 0.15) is 0 Å². The van der Waals surface area contributed by atoms with Crippen molar-refractivity contribution in [3.8, 4) is 12.1 Å². The molecule has 4 atom stereocenters. The molecule has 0 amide bonds. The normalized spacial score (nSPS) is 29.7. The smallest absolute Gasteiger partial charge is 0.313 e. The summed E-state index contributed by atoms with van der Waals surface area (Å²) in [4.78, 5) is 13.3. The Bertz CT molecular complexity index is 1160. The van der Waals surface area contributed by atoms with Crippen LogP contribution in [0.1, 0.15) is 54.7 Å². The minimum atomic E-state index is -1.33. The fourth-order valence-corrected chi connectivity index (χ4v) is 7.04. The maximum absolute atomic E-state index is 13.3. The van der Waals surface area contributed by atoms with Gasteiger partial charge in [0.25, 0.3) is 0 Å². The van der Waals surface area contributed by atoms with Crippen LogP contribution in [0.25, 0.3) is 6.08 Å². The summed E-state index contributed by atoms with van der Waals surface area (Å²) in [5.41, 5.74) is 1.60. The van der Waals surface area contributed by atoms with Gasteiger partial charge in [-0.15, -0.1) is 0 Å². The topological polar surface area (TPSA) is 73.9 Å². The Morgan fingerprint density at radius 3 is 2.44 bits per heavy atom. The van der Waals surface area contributed by atoms with Crippen LogP contribution in [-0.2, 0) is 14.9 Å². The molecular formula is C28H26N2O2. The lowest BCUT2D eigenvalue weighted by molar-refractivity contribution is -0.144. The van der Waals surface area contributed by atoms with Crippen molar-refractivity contribution in [2.45, 2.75) is 43.4 Å². The molecule has 4 nitrogen and oxygen atoms in total. The lowest BCUT2D eigenvalue weighted by atomic mass is 9.50. The average Bonchev–Trinajstić information content (AvgIpc) is 2.96. The molecule has 0 aliphatic heterocycles. The van der Waals surface area contributed by atoms with Crippen molar-refractivity contribution in [2.75, 3.05) is 7.11 Å². The molecule has 0 radical (unpaired) electrons. The molecule has 2 fully saturated rings. The predicted molar refractivity (Wildman–Crippen MR) is 121 cm³/mol. The number of fused-ring (bicyclic) bond motifs is 1. The van der Waals surface area contributed by atoms with Gasteiger partial charge in [-0.25, -0.2) is 0 Å². The number of methoxy groups -OCH3 is 1. The van der Waals surface area contributed by atoms with E-state index in [1.807, 2.05) is 42.5 Å². The summed E-state index contributed by atoms with van der Waals surface area (Å²) in [6.45, 7) is 0. The highest BCUT2D eigenvalue weighted by Gasteiger charge is 2.70. The van der Waals surface area contributed by atoms with E-state index in [9.17, 15) is 15.3 Å². The number of ether oxygens (including phenoxy) is 1. The second kappa shape index (κ2) is 7.64. The SMILES string of the molecule is COC(=O)[C@@H]1C2=Cc3ccccc3C(C#N)(C#N)C23CCCCC[C@@H]3[C@H]1c1ccccc1. The molecule has 5 rings (SSSR count). The van der Waals surface area contributed by atoms with Gasteiger partial charge in [-0.1, -0.05) is 79.9 Å². The standard InChI is InChI=1S/C28H26N2O2/c1-32-26(31)25-23-16-20-12-7-8-13-21(20)27(17-29,18-30)28(23)15-9-3-6-14-22(28)24(25)19-10-4-2-5-11-19/h2,4-5,7-8,10-13,16,22,24-25H,3,6,9,14-15H2,1H3/t22-,24-,25-,28?/m1/s1. The van der Waals surface area contributed by atoms with E-state index in [4.69, 9.17) is 4.74 Å². The molecule has 32 heavy (non-hydrogen) atoms. The fraction of sp³-hybridized carbons (Fsp3) is 0.393. The number of esters is 1. The van der Waals surface area contributed by atoms with Crippen molar-refractivity contribution in [1.29, 1.82) is 10.5 Å². The van der Waals surface area contributed by atoms with E-state index in [0.29, 0.717) is 0 Å². The molecule has 3 aliphatic rings. The predicted octanol–water partition coefficient (Wildman–Crippen LogP) is 5.52. The number of carbonyl (C=O) groups excluding carboxylic acids is 1. The van der Waals surface area contributed by atoms with Gasteiger partial charge in [-0.05, 0) is 41.0 Å². The van der Waals surface area contributed by atoms with E-state index in [0.717, 1.165) is 54.4 Å². The lowest BCUT2D eigenvalue weighted by Crippen LogP contribution is -2.50. The Kier molecular flexibility index (Phi) is 4.90. The second-order valence-electron chi connectivity index (χ2n) is 9.28. The number of nitriles is 2. The third kappa shape index (κ3) is 2.50. The Morgan fingerprint density at radius 1 is 1.00 bits per heavy atom. The average molecular weight is 423 g/mol. The zero-order chi connectivity index (χ0) is 22.3. The monoisotopic (exact) mass is 422 g/mol. The fourth-order valence-electron chi connectivity index (χ4n) is 7.04. The quantitative estimate of drug-likeness (QED) is 0.597. The van der Waals surface area contributed by atoms with Crippen molar-refractivity contribution in [3.05, 3.63) is 76.9 Å². The van der Waals surface area contributed by atoms with E-state index >= 15 is 0 Å². The summed E-state index contributed by atoms with van der Waals surface area (Å²) in [6, 6.07) is 22.9. The summed E-state index contributed by atoms with van der Waals surface area (Å²) in [7, 11) is 1.43. The van der Waals surface area contributed by atoms with Gasteiger partial charge < -0.3 is 4.74 Å². The van der Waals surface area contributed by atoms with Crippen LogP contribution in [0.15, 0.2) is 60.2 Å². The highest BCUT2D eigenvalue weighted by Crippen LogP contribution is 2.71. The van der Waals surface area contributed by atoms with Crippen LogP contribution in [0.5, 0.6) is 0 Å². The first-order chi connectivity index (χ1) is 15.6. The third-order valence-electron chi connectivity index (χ3n) is 8.18. The number of benzene rings is 2. The molecule has 3 aliphatic carbocycles. The van der Waals surface area contributed by atoms with Gasteiger partial charge in [-0.3, -0.25) is 4.79 Å². The lowest BCUT2D eigenvalue weighted by Gasteiger charge is -2.48. The molecule has 0 N–H and O–H groups in total. The zero-order valence-corrected chi connectivity index (χ0v) is 18.3. The molecule has 4 heteroatoms. The first kappa shape index (κ1) is 20.5. The van der Waals surface area contributed by atoms with Crippen molar-refractivity contribution < 1.29 is 9.53 Å². The highest BCUT2D eigenvalue weighted by atomic mass is 16.5. The maximum Gasteiger partial charge on any atom is 0.313 e. The van der Waals surface area contributed by atoms with Crippen LogP contribution in [-0.4, -0.2) is 13.1 Å². The van der Waals surface area contributed by atoms with E-state index in [1.54, 1.807) is 0 Å². The summed E-state index contributed by atoms with van der Waals surface area (Å²) in [5, 5.41) is 21.4. The third-order valence-corrected chi connectivity index (χ3v) is 8.18. The number of hydrogen-bond acceptors (Lipinski definition) is 4. The van der Waals surface area contributed by atoms with Crippen LogP contribution in [0.4, 0.5) is 0 Å². The van der Waals surface area contributed by atoms with Crippen molar-refractivity contribution in [3.63, 3.8) is 0 Å². The number of hydrogen-bond donors (Lipinski definition) is 0. The van der Waals surface area contributed by atoms with Gasteiger partial charge in [0.05, 0.1) is 25.2 Å². The summed E-state index contributed by atoms with van der Waals surface area (Å²) < 4.78 is 5.35. The first-order valence-electron chi connectivity index (χ1n) is 11.4. The number of nitrogens with zero attached hydrogens (tertiary/aromatic N) is 2. The van der Waals surface area contributed by atoms with Gasteiger partial charge in [0.15, 0.2) is 5.41 Å². The highest BCUT2D eigenvalue weighted by molar-refractivity contribution is 5.84. The van der Waals surface area contributed by atoms with Crippen LogP contribution < -0.4 is 0 Å². The molecular weight excluding hydrogens is 396 g/mol. The maximum atomic E-state index is 13.3. The second-order valence-corrected chi connectivity index (χ2v) is 9.28. The molecule has 0 aromatic heterocycles. The van der Waals surface area contributed by atoms with Crippen LogP contribution in [0.3, 0.4) is 0 Å². The number of carbonyl (C=O) groups is 1. The van der Waals surface area contributed by atoms with E-state index in [2.05, 4.69) is 30.3 Å². The molecule has 0 bridgehead atoms. The van der Waals surface area contributed by atoms with Gasteiger partial charge >= 0.3 is 5.97 Å². The van der Waals surface area contributed by atoms with Crippen LogP contribution in [0.2, 0.25) is 0 Å². The summed E-state index contributed by atoms with van der Waals surface area (Å²) >= 11 is 0. The van der Waals surface area contributed by atoms with Crippen LogP contribution in [0, 0.1) is 39.9 Å². The largest absolute Gasteiger partial charge is 0.469 e.